The first-order valence-corrected chi connectivity index (χ1v) is 17.4. The molecule has 46 heavy (non-hydrogen) atoms. The first-order chi connectivity index (χ1) is 20.9. The molecule has 0 bridgehead atoms. The summed E-state index contributed by atoms with van der Waals surface area (Å²) in [6, 6.07) is 8.84. The Balaban J connectivity index is 0.00000576. The van der Waals surface area contributed by atoms with Crippen LogP contribution in [0.25, 0.3) is 0 Å². The quantitative estimate of drug-likeness (QED) is 0.122. The number of carbonyl (C=O) groups is 1. The Morgan fingerprint density at radius 1 is 0.957 bits per heavy atom. The van der Waals surface area contributed by atoms with Gasteiger partial charge in [-0.2, -0.15) is 4.58 Å². The minimum atomic E-state index is -4.65. The van der Waals surface area contributed by atoms with E-state index in [-0.39, 0.29) is 51.8 Å². The molecule has 0 aliphatic carbocycles. The van der Waals surface area contributed by atoms with Crippen LogP contribution in [0.1, 0.15) is 64.5 Å². The first-order valence-electron chi connectivity index (χ1n) is 14.6. The summed E-state index contributed by atoms with van der Waals surface area (Å²) in [5.74, 6) is 2.29. The molecule has 2 aliphatic heterocycles. The van der Waals surface area contributed by atoms with Crippen LogP contribution in [0.2, 0.25) is 0 Å². The number of hydrogen-bond donors (Lipinski definition) is 1. The molecule has 2 aliphatic rings. The third kappa shape index (κ3) is 7.68. The van der Waals surface area contributed by atoms with Gasteiger partial charge in [-0.1, -0.05) is 32.3 Å². The van der Waals surface area contributed by atoms with E-state index in [1.165, 1.54) is 24.3 Å². The van der Waals surface area contributed by atoms with E-state index in [1.54, 1.807) is 12.1 Å². The molecule has 0 unspecified atom stereocenters. The monoisotopic (exact) mass is 675 g/mol. The minimum Gasteiger partial charge on any atom is -0.744 e. The van der Waals surface area contributed by atoms with Gasteiger partial charge in [-0.05, 0) is 68.7 Å². The number of nitrogens with zero attached hydrogens (tertiary/aromatic N) is 2. The fourth-order valence-electron chi connectivity index (χ4n) is 6.22. The predicted molar refractivity (Wildman–Crippen MR) is 171 cm³/mol. The number of anilines is 1. The summed E-state index contributed by atoms with van der Waals surface area (Å²) in [6.07, 6.45) is 13.6. The molecular weight excluding hydrogens is 638 g/mol. The van der Waals surface area contributed by atoms with E-state index in [0.29, 0.717) is 19.4 Å². The number of nitrogens with one attached hydrogen (secondary N) is 1. The first kappa shape index (κ1) is 37.7. The Hall–Kier alpha value is -2.76. The van der Waals surface area contributed by atoms with Crippen LogP contribution in [0.3, 0.4) is 0 Å². The molecule has 0 fully saturated rings. The molecule has 0 atom stereocenters. The van der Waals surface area contributed by atoms with Crippen molar-refractivity contribution in [2.45, 2.75) is 74.0 Å². The zero-order chi connectivity index (χ0) is 33.4. The fraction of sp³-hybridized carbons (Fsp3) is 0.394. The van der Waals surface area contributed by atoms with Crippen LogP contribution in [0.4, 0.5) is 11.4 Å². The molecule has 240 valence electrons. The molecule has 4 rings (SSSR count). The van der Waals surface area contributed by atoms with E-state index in [0.717, 1.165) is 46.8 Å². The standard InChI is InChI=1S/C33H39N3O7S2.Na/c1-7-19-34-31(37)14-9-8-10-20-36-28-18-16-24(45(41,42)43)22-26(28)33(4,5)30(36)13-11-12-29-32(2,3)25-21-23(44(38,39)40)15-17-27(25)35(29)6;/h1,11-13,15-18,21-22H,8-10,14,19-20H2,2-6H3,(H2-,34,37,38,39,40,41,42,43);/q;+1/p-1. The maximum absolute atomic E-state index is 11.9. The molecule has 1 amide bonds. The second kappa shape index (κ2) is 14.2. The summed E-state index contributed by atoms with van der Waals surface area (Å²) in [6.45, 7) is 8.67. The van der Waals surface area contributed by atoms with Crippen molar-refractivity contribution in [2.24, 2.45) is 0 Å². The number of allylic oxidation sites excluding steroid dienone is 4. The zero-order valence-electron chi connectivity index (χ0n) is 27.1. The van der Waals surface area contributed by atoms with Crippen molar-refractivity contribution in [1.82, 2.24) is 5.32 Å². The van der Waals surface area contributed by atoms with Gasteiger partial charge in [0.05, 0.1) is 21.8 Å². The van der Waals surface area contributed by atoms with E-state index in [4.69, 9.17) is 6.42 Å². The summed E-state index contributed by atoms with van der Waals surface area (Å²) >= 11 is 0. The summed E-state index contributed by atoms with van der Waals surface area (Å²) in [7, 11) is -7.38. The van der Waals surface area contributed by atoms with Gasteiger partial charge in [0, 0.05) is 47.5 Å². The molecule has 10 nitrogen and oxygen atoms in total. The van der Waals surface area contributed by atoms with Gasteiger partial charge in [-0.25, -0.2) is 16.8 Å². The number of amides is 1. The van der Waals surface area contributed by atoms with E-state index < -0.39 is 31.1 Å². The van der Waals surface area contributed by atoms with Gasteiger partial charge in [0.1, 0.15) is 27.3 Å². The van der Waals surface area contributed by atoms with Crippen molar-refractivity contribution in [1.29, 1.82) is 0 Å². The van der Waals surface area contributed by atoms with E-state index in [9.17, 15) is 30.7 Å². The van der Waals surface area contributed by atoms with E-state index in [1.807, 2.05) is 57.5 Å². The van der Waals surface area contributed by atoms with Crippen molar-refractivity contribution < 1.29 is 64.9 Å². The van der Waals surface area contributed by atoms with Gasteiger partial charge < -0.3 is 19.3 Å². The van der Waals surface area contributed by atoms with Gasteiger partial charge in [0.15, 0.2) is 5.71 Å². The maximum atomic E-state index is 11.9. The number of fused-ring (bicyclic) bond motifs is 2. The van der Waals surface area contributed by atoms with Gasteiger partial charge >= 0.3 is 29.6 Å². The number of unbranched alkanes of at least 4 members (excludes halogenated alkanes) is 2. The Labute approximate surface area is 294 Å². The second-order valence-electron chi connectivity index (χ2n) is 12.3. The Kier molecular flexibility index (Phi) is 11.6. The van der Waals surface area contributed by atoms with Gasteiger partial charge in [0.2, 0.25) is 11.6 Å². The van der Waals surface area contributed by atoms with Crippen LogP contribution in [0.5, 0.6) is 0 Å². The van der Waals surface area contributed by atoms with E-state index in [2.05, 4.69) is 16.1 Å². The number of hydrogen-bond acceptors (Lipinski definition) is 8. The predicted octanol–water partition coefficient (Wildman–Crippen LogP) is 1.05. The fourth-order valence-corrected chi connectivity index (χ4v) is 7.22. The van der Waals surface area contributed by atoms with Crippen molar-refractivity contribution in [3.05, 3.63) is 71.5 Å². The molecule has 2 heterocycles. The summed E-state index contributed by atoms with van der Waals surface area (Å²) in [4.78, 5) is 13.5. The minimum absolute atomic E-state index is 0. The Bertz CT molecular complexity index is 1890. The summed E-state index contributed by atoms with van der Waals surface area (Å²) in [5.41, 5.74) is 3.60. The van der Waals surface area contributed by atoms with Crippen LogP contribution >= 0.6 is 0 Å². The van der Waals surface area contributed by atoms with Crippen molar-refractivity contribution in [3.8, 4) is 12.3 Å². The number of rotatable bonds is 11. The Morgan fingerprint density at radius 3 is 2.17 bits per heavy atom. The average molecular weight is 676 g/mol. The van der Waals surface area contributed by atoms with Crippen molar-refractivity contribution in [2.75, 3.05) is 25.0 Å². The van der Waals surface area contributed by atoms with Crippen LogP contribution in [0.15, 0.2) is 70.1 Å². The van der Waals surface area contributed by atoms with Crippen LogP contribution < -0.4 is 39.8 Å². The largest absolute Gasteiger partial charge is 1.00 e. The smallest absolute Gasteiger partial charge is 0.744 e. The summed E-state index contributed by atoms with van der Waals surface area (Å²) < 4.78 is 72.6. The molecule has 2 aromatic carbocycles. The average Bonchev–Trinajstić information content (AvgIpc) is 3.28. The van der Waals surface area contributed by atoms with Gasteiger partial charge in [-0.3, -0.25) is 4.79 Å². The van der Waals surface area contributed by atoms with Gasteiger partial charge in [-0.15, -0.1) is 6.42 Å². The molecule has 1 N–H and O–H groups in total. The molecular formula is C33H38N3NaO7S2. The molecule has 2 aromatic rings. The third-order valence-electron chi connectivity index (χ3n) is 8.63. The topological polar surface area (TPSA) is 150 Å². The number of benzene rings is 2. The molecule has 0 saturated heterocycles. The molecule has 0 saturated carbocycles. The van der Waals surface area contributed by atoms with E-state index >= 15 is 0 Å². The zero-order valence-corrected chi connectivity index (χ0v) is 30.7. The molecule has 0 radical (unpaired) electrons. The van der Waals surface area contributed by atoms with Crippen molar-refractivity contribution in [3.63, 3.8) is 0 Å². The second-order valence-corrected chi connectivity index (χ2v) is 15.1. The molecule has 13 heteroatoms. The normalized spacial score (nSPS) is 17.5. The SMILES string of the molecule is C#CCNC(=O)CCCCCN1/C(=C/C=C/C2=[N+](C)c3ccc(S(=O)(=O)[O-])cc3C2(C)C)C(C)(C)c2cc(S(=O)(=O)[O-])ccc21.[Na+]. The van der Waals surface area contributed by atoms with Crippen LogP contribution in [-0.4, -0.2) is 62.3 Å². The van der Waals surface area contributed by atoms with Gasteiger partial charge in [0.25, 0.3) is 0 Å². The third-order valence-corrected chi connectivity index (χ3v) is 10.3. The van der Waals surface area contributed by atoms with Crippen LogP contribution in [0, 0.1) is 12.3 Å². The van der Waals surface area contributed by atoms with Crippen molar-refractivity contribution >= 4 is 43.2 Å². The number of carbonyl (C=O) groups excluding carboxylic acids is 1. The Morgan fingerprint density at radius 2 is 1.57 bits per heavy atom. The number of terminal acetylenes is 1. The summed E-state index contributed by atoms with van der Waals surface area (Å²) in [5, 5.41) is 2.66. The maximum Gasteiger partial charge on any atom is 1.00 e. The molecule has 0 spiro atoms. The molecule has 0 aromatic heterocycles. The van der Waals surface area contributed by atoms with Crippen LogP contribution in [-0.2, 0) is 35.9 Å².